The molecule has 5 nitrogen and oxygen atoms in total. The predicted octanol–water partition coefficient (Wildman–Crippen LogP) is 4.69. The number of aromatic nitrogens is 2. The summed E-state index contributed by atoms with van der Waals surface area (Å²) in [5.74, 6) is 1.04. The molecule has 0 amide bonds. The number of phenols is 1. The summed E-state index contributed by atoms with van der Waals surface area (Å²) in [6.07, 6.45) is 1.87. The zero-order chi connectivity index (χ0) is 19.4. The van der Waals surface area contributed by atoms with E-state index >= 15 is 0 Å². The minimum Gasteiger partial charge on any atom is -0.504 e. The van der Waals surface area contributed by atoms with Crippen molar-refractivity contribution >= 4 is 34.1 Å². The topological polar surface area (TPSA) is 58.4 Å². The maximum absolute atomic E-state index is 13.0. The highest BCUT2D eigenvalue weighted by atomic mass is 35.5. The number of hydrogen-bond donors (Lipinski definition) is 1. The van der Waals surface area contributed by atoms with Gasteiger partial charge in [-0.1, -0.05) is 50.9 Å². The van der Waals surface area contributed by atoms with Crippen molar-refractivity contribution in [2.45, 2.75) is 53.6 Å². The summed E-state index contributed by atoms with van der Waals surface area (Å²) in [6, 6.07) is 1.39. The highest BCUT2D eigenvalue weighted by Gasteiger charge is 2.19. The normalized spacial score (nSPS) is 11.8. The van der Waals surface area contributed by atoms with Crippen LogP contribution >= 0.6 is 23.2 Å². The Kier molecular flexibility index (Phi) is 7.33. The summed E-state index contributed by atoms with van der Waals surface area (Å²) in [4.78, 5) is 19.9. The van der Waals surface area contributed by atoms with Gasteiger partial charge in [-0.2, -0.15) is 0 Å². The first-order valence-electron chi connectivity index (χ1n) is 9.12. The number of aromatic hydroxyl groups is 1. The van der Waals surface area contributed by atoms with Gasteiger partial charge in [-0.15, -0.1) is 0 Å². The highest BCUT2D eigenvalue weighted by Crippen LogP contribution is 2.34. The lowest BCUT2D eigenvalue weighted by Crippen LogP contribution is -2.32. The molecular weight excluding hydrogens is 373 g/mol. The zero-order valence-corrected chi connectivity index (χ0v) is 17.4. The van der Waals surface area contributed by atoms with Crippen molar-refractivity contribution in [3.8, 4) is 5.75 Å². The van der Waals surface area contributed by atoms with E-state index in [-0.39, 0.29) is 32.3 Å². The lowest BCUT2D eigenvalue weighted by atomic mass is 10.1. The Morgan fingerprint density at radius 3 is 2.54 bits per heavy atom. The number of halogens is 2. The van der Waals surface area contributed by atoms with E-state index < -0.39 is 0 Å². The van der Waals surface area contributed by atoms with Crippen molar-refractivity contribution < 1.29 is 5.11 Å². The third kappa shape index (κ3) is 4.51. The maximum atomic E-state index is 13.0. The molecule has 0 spiro atoms. The molecular formula is C19H27Cl2N3O2. The number of phenolic OH excluding ortho intramolecular Hbond substituents is 1. The van der Waals surface area contributed by atoms with Crippen molar-refractivity contribution in [2.75, 3.05) is 13.1 Å². The second kappa shape index (κ2) is 9.07. The van der Waals surface area contributed by atoms with Gasteiger partial charge >= 0.3 is 0 Å². The van der Waals surface area contributed by atoms with Crippen LogP contribution in [-0.2, 0) is 13.1 Å². The van der Waals surface area contributed by atoms with Gasteiger partial charge in [0.05, 0.1) is 22.0 Å². The number of fused-ring (bicyclic) bond motifs is 1. The Labute approximate surface area is 164 Å². The average Bonchev–Trinajstić information content (AvgIpc) is 2.58. The van der Waals surface area contributed by atoms with Crippen molar-refractivity contribution in [3.63, 3.8) is 0 Å². The molecule has 0 saturated carbocycles. The van der Waals surface area contributed by atoms with Gasteiger partial charge in [0.1, 0.15) is 11.3 Å². The van der Waals surface area contributed by atoms with Gasteiger partial charge in [0, 0.05) is 6.54 Å². The predicted molar refractivity (Wildman–Crippen MR) is 108 cm³/mol. The SMILES string of the molecule is CCCn1c(CN(CC)CCC(C)C)nc2c(O)c(Cl)cc(Cl)c2c1=O. The van der Waals surface area contributed by atoms with Gasteiger partial charge in [-0.3, -0.25) is 14.3 Å². The molecule has 2 aromatic rings. The quantitative estimate of drug-likeness (QED) is 0.699. The highest BCUT2D eigenvalue weighted by molar-refractivity contribution is 6.39. The van der Waals surface area contributed by atoms with Crippen LogP contribution in [-0.4, -0.2) is 32.6 Å². The average molecular weight is 400 g/mol. The third-order valence-corrected chi connectivity index (χ3v) is 5.06. The Morgan fingerprint density at radius 1 is 1.27 bits per heavy atom. The van der Waals surface area contributed by atoms with Gasteiger partial charge in [-0.05, 0) is 37.9 Å². The number of hydrogen-bond acceptors (Lipinski definition) is 4. The van der Waals surface area contributed by atoms with Crippen molar-refractivity contribution in [1.29, 1.82) is 0 Å². The fourth-order valence-corrected chi connectivity index (χ4v) is 3.45. The van der Waals surface area contributed by atoms with Crippen LogP contribution < -0.4 is 5.56 Å². The van der Waals surface area contributed by atoms with Crippen molar-refractivity contribution in [1.82, 2.24) is 14.5 Å². The van der Waals surface area contributed by atoms with E-state index in [0.29, 0.717) is 24.8 Å². The molecule has 0 saturated heterocycles. The van der Waals surface area contributed by atoms with E-state index in [1.54, 1.807) is 4.57 Å². The summed E-state index contributed by atoms with van der Waals surface area (Å²) in [6.45, 7) is 11.4. The molecule has 1 aromatic carbocycles. The first kappa shape index (κ1) is 21.0. The Bertz CT molecular complexity index is 834. The monoisotopic (exact) mass is 399 g/mol. The summed E-state index contributed by atoms with van der Waals surface area (Å²) in [7, 11) is 0. The molecule has 1 aromatic heterocycles. The molecule has 0 bridgehead atoms. The molecule has 0 unspecified atom stereocenters. The molecule has 0 fully saturated rings. The number of nitrogens with zero attached hydrogens (tertiary/aromatic N) is 3. The molecule has 0 atom stereocenters. The van der Waals surface area contributed by atoms with E-state index in [2.05, 4.69) is 30.7 Å². The molecule has 1 N–H and O–H groups in total. The summed E-state index contributed by atoms with van der Waals surface area (Å²) in [5.41, 5.74) is -0.0569. The lowest BCUT2D eigenvalue weighted by molar-refractivity contribution is 0.251. The van der Waals surface area contributed by atoms with Gasteiger partial charge in [0.15, 0.2) is 5.75 Å². The van der Waals surface area contributed by atoms with E-state index in [1.165, 1.54) is 6.07 Å². The molecule has 7 heteroatoms. The van der Waals surface area contributed by atoms with Crippen LogP contribution in [0.4, 0.5) is 0 Å². The molecule has 26 heavy (non-hydrogen) atoms. The third-order valence-electron chi connectivity index (χ3n) is 4.47. The van der Waals surface area contributed by atoms with Crippen LogP contribution in [0.3, 0.4) is 0 Å². The Hall–Kier alpha value is -1.30. The van der Waals surface area contributed by atoms with Crippen LogP contribution in [0, 0.1) is 5.92 Å². The van der Waals surface area contributed by atoms with E-state index in [9.17, 15) is 9.90 Å². The molecule has 0 aliphatic heterocycles. The molecule has 0 radical (unpaired) electrons. The fraction of sp³-hybridized carbons (Fsp3) is 0.579. The van der Waals surface area contributed by atoms with E-state index in [0.717, 1.165) is 25.9 Å². The largest absolute Gasteiger partial charge is 0.504 e. The molecule has 2 rings (SSSR count). The molecule has 0 aliphatic rings. The van der Waals surface area contributed by atoms with Gasteiger partial charge in [0.25, 0.3) is 5.56 Å². The second-order valence-electron chi connectivity index (χ2n) is 6.95. The Morgan fingerprint density at radius 2 is 1.96 bits per heavy atom. The lowest BCUT2D eigenvalue weighted by Gasteiger charge is -2.23. The number of benzene rings is 1. The van der Waals surface area contributed by atoms with E-state index in [1.807, 2.05) is 6.92 Å². The maximum Gasteiger partial charge on any atom is 0.263 e. The van der Waals surface area contributed by atoms with Gasteiger partial charge in [0.2, 0.25) is 0 Å². The summed E-state index contributed by atoms with van der Waals surface area (Å²) >= 11 is 12.2. The van der Waals surface area contributed by atoms with Crippen LogP contribution in [0.2, 0.25) is 10.0 Å². The molecule has 0 aliphatic carbocycles. The minimum atomic E-state index is -0.233. The standard InChI is InChI=1S/C19H27Cl2N3O2/c1-5-8-24-15(11-23(6-2)9-7-12(3)4)22-17-16(19(24)26)13(20)10-14(21)18(17)25/h10,12,25H,5-9,11H2,1-4H3. The van der Waals surface area contributed by atoms with Crippen LogP contribution in [0.25, 0.3) is 10.9 Å². The minimum absolute atomic E-state index is 0.0979. The summed E-state index contributed by atoms with van der Waals surface area (Å²) in [5, 5.41) is 10.8. The van der Waals surface area contributed by atoms with E-state index in [4.69, 9.17) is 23.2 Å². The molecule has 144 valence electrons. The Balaban J connectivity index is 2.58. The first-order valence-corrected chi connectivity index (χ1v) is 9.88. The van der Waals surface area contributed by atoms with Gasteiger partial charge < -0.3 is 5.11 Å². The van der Waals surface area contributed by atoms with Crippen molar-refractivity contribution in [3.05, 3.63) is 32.3 Å². The number of rotatable bonds is 8. The van der Waals surface area contributed by atoms with Crippen molar-refractivity contribution in [2.24, 2.45) is 5.92 Å². The van der Waals surface area contributed by atoms with Gasteiger partial charge in [-0.25, -0.2) is 4.98 Å². The zero-order valence-electron chi connectivity index (χ0n) is 15.9. The first-order chi connectivity index (χ1) is 12.3. The van der Waals surface area contributed by atoms with Crippen LogP contribution in [0.1, 0.15) is 46.4 Å². The van der Waals surface area contributed by atoms with Crippen LogP contribution in [0.5, 0.6) is 5.75 Å². The smallest absolute Gasteiger partial charge is 0.263 e. The second-order valence-corrected chi connectivity index (χ2v) is 7.76. The molecule has 1 heterocycles. The fourth-order valence-electron chi connectivity index (χ4n) is 2.91. The summed E-state index contributed by atoms with van der Waals surface area (Å²) < 4.78 is 1.67. The van der Waals surface area contributed by atoms with Crippen LogP contribution in [0.15, 0.2) is 10.9 Å².